The summed E-state index contributed by atoms with van der Waals surface area (Å²) < 4.78 is 25.0. The van der Waals surface area contributed by atoms with Crippen molar-refractivity contribution < 1.29 is 8.42 Å². The summed E-state index contributed by atoms with van der Waals surface area (Å²) in [5.74, 6) is 0. The van der Waals surface area contributed by atoms with Crippen LogP contribution in [0.5, 0.6) is 0 Å². The molecule has 0 atom stereocenters. The van der Waals surface area contributed by atoms with E-state index in [0.717, 1.165) is 18.4 Å². The van der Waals surface area contributed by atoms with Gasteiger partial charge in [-0.2, -0.15) is 0 Å². The second-order valence-electron chi connectivity index (χ2n) is 3.83. The quantitative estimate of drug-likeness (QED) is 0.816. The van der Waals surface area contributed by atoms with Crippen molar-refractivity contribution in [2.75, 3.05) is 6.26 Å². The van der Waals surface area contributed by atoms with E-state index in [-0.39, 0.29) is 0 Å². The third kappa shape index (κ3) is 3.61. The van der Waals surface area contributed by atoms with Gasteiger partial charge in [0.1, 0.15) is 4.24 Å². The van der Waals surface area contributed by atoms with Crippen molar-refractivity contribution in [1.82, 2.24) is 0 Å². The van der Waals surface area contributed by atoms with E-state index in [2.05, 4.69) is 0 Å². The summed E-state index contributed by atoms with van der Waals surface area (Å²) in [6, 6.07) is 6.98. The average molecular weight is 270 g/mol. The van der Waals surface area contributed by atoms with Crippen LogP contribution in [-0.2, 0) is 9.84 Å². The van der Waals surface area contributed by atoms with Gasteiger partial charge in [0, 0.05) is 0 Å². The van der Waals surface area contributed by atoms with Crippen molar-refractivity contribution in [1.29, 1.82) is 0 Å². The van der Waals surface area contributed by atoms with E-state index >= 15 is 0 Å². The molecule has 0 aliphatic rings. The minimum Gasteiger partial charge on any atom is -0.218 e. The molecular weight excluding hydrogens is 252 g/mol. The first-order valence-corrected chi connectivity index (χ1v) is 8.29. The molecule has 0 heterocycles. The number of hydrogen-bond acceptors (Lipinski definition) is 3. The predicted molar refractivity (Wildman–Crippen MR) is 74.9 cm³/mol. The predicted octanol–water partition coefficient (Wildman–Crippen LogP) is 3.77. The second-order valence-corrected chi connectivity index (χ2v) is 6.86. The van der Waals surface area contributed by atoms with Crippen LogP contribution in [0.1, 0.15) is 25.3 Å². The van der Waals surface area contributed by atoms with E-state index in [1.165, 1.54) is 11.8 Å². The van der Waals surface area contributed by atoms with Gasteiger partial charge in [-0.1, -0.05) is 37.1 Å². The van der Waals surface area contributed by atoms with E-state index < -0.39 is 9.84 Å². The minimum absolute atomic E-state index is 0.375. The molecule has 0 aliphatic carbocycles. The molecule has 0 spiro atoms. The number of sulfone groups is 1. The van der Waals surface area contributed by atoms with Gasteiger partial charge in [0.05, 0.1) is 4.90 Å². The number of aryl methyl sites for hydroxylation is 1. The number of rotatable bonds is 5. The highest BCUT2D eigenvalue weighted by molar-refractivity contribution is 8.18. The third-order valence-corrected chi connectivity index (χ3v) is 5.71. The Morgan fingerprint density at radius 2 is 1.88 bits per heavy atom. The number of hydrogen-bond donors (Lipinski definition) is 0. The van der Waals surface area contributed by atoms with Crippen LogP contribution in [0.3, 0.4) is 0 Å². The van der Waals surface area contributed by atoms with Gasteiger partial charge in [-0.15, -0.1) is 11.8 Å². The van der Waals surface area contributed by atoms with Crippen LogP contribution >= 0.6 is 11.8 Å². The lowest BCUT2D eigenvalue weighted by Crippen LogP contribution is -2.02. The summed E-state index contributed by atoms with van der Waals surface area (Å²) in [5.41, 5.74) is 1.06. The first-order valence-electron chi connectivity index (χ1n) is 5.58. The van der Waals surface area contributed by atoms with Crippen LogP contribution in [-0.4, -0.2) is 14.7 Å². The molecule has 17 heavy (non-hydrogen) atoms. The summed E-state index contributed by atoms with van der Waals surface area (Å²) >= 11 is 1.29. The first kappa shape index (κ1) is 14.3. The Hall–Kier alpha value is -0.740. The molecule has 0 bridgehead atoms. The maximum absolute atomic E-state index is 12.3. The van der Waals surface area contributed by atoms with E-state index in [0.29, 0.717) is 9.13 Å². The lowest BCUT2D eigenvalue weighted by molar-refractivity contribution is 0.604. The monoisotopic (exact) mass is 270 g/mol. The topological polar surface area (TPSA) is 34.1 Å². The van der Waals surface area contributed by atoms with E-state index in [4.69, 9.17) is 0 Å². The van der Waals surface area contributed by atoms with E-state index in [1.807, 2.05) is 26.0 Å². The van der Waals surface area contributed by atoms with Crippen molar-refractivity contribution in [2.45, 2.75) is 31.6 Å². The molecule has 1 aromatic carbocycles. The normalized spacial score (nSPS) is 12.8. The standard InChI is InChI=1S/C13H18O2S2/c1-4-5-6-13(16-3)17(14,15)12-9-7-11(2)8-10-12/h6-10H,4-5H2,1-3H3/b13-6+. The fourth-order valence-corrected chi connectivity index (χ4v) is 3.91. The Morgan fingerprint density at radius 1 is 1.29 bits per heavy atom. The average Bonchev–Trinajstić information content (AvgIpc) is 2.30. The lowest BCUT2D eigenvalue weighted by Gasteiger charge is -2.07. The van der Waals surface area contributed by atoms with Gasteiger partial charge in [0.2, 0.25) is 9.84 Å². The highest BCUT2D eigenvalue weighted by atomic mass is 32.3. The summed E-state index contributed by atoms with van der Waals surface area (Å²) in [4.78, 5) is 0.375. The molecule has 94 valence electrons. The molecule has 0 fully saturated rings. The number of allylic oxidation sites excluding steroid dienone is 1. The van der Waals surface area contributed by atoms with Crippen molar-refractivity contribution in [3.63, 3.8) is 0 Å². The number of thioether (sulfide) groups is 1. The maximum atomic E-state index is 12.3. The molecule has 0 N–H and O–H groups in total. The van der Waals surface area contributed by atoms with Crippen molar-refractivity contribution in [2.24, 2.45) is 0 Å². The number of unbranched alkanes of at least 4 members (excludes halogenated alkanes) is 1. The Balaban J connectivity index is 3.13. The van der Waals surface area contributed by atoms with Gasteiger partial charge in [-0.25, -0.2) is 8.42 Å². The molecule has 4 heteroatoms. The van der Waals surface area contributed by atoms with Crippen LogP contribution < -0.4 is 0 Å². The summed E-state index contributed by atoms with van der Waals surface area (Å²) in [5, 5.41) is 0. The first-order chi connectivity index (χ1) is 8.02. The molecule has 1 aromatic rings. The zero-order chi connectivity index (χ0) is 12.9. The van der Waals surface area contributed by atoms with Gasteiger partial charge in [0.25, 0.3) is 0 Å². The fraction of sp³-hybridized carbons (Fsp3) is 0.385. The van der Waals surface area contributed by atoms with E-state index in [9.17, 15) is 8.42 Å². The Kier molecular flexibility index (Phi) is 5.28. The smallest absolute Gasteiger partial charge is 0.212 e. The summed E-state index contributed by atoms with van der Waals surface area (Å²) in [6.45, 7) is 3.98. The van der Waals surface area contributed by atoms with Crippen LogP contribution in [0.4, 0.5) is 0 Å². The molecule has 0 aromatic heterocycles. The Labute approximate surface area is 108 Å². The van der Waals surface area contributed by atoms with Gasteiger partial charge in [0.15, 0.2) is 0 Å². The highest BCUT2D eigenvalue weighted by Gasteiger charge is 2.19. The third-order valence-electron chi connectivity index (χ3n) is 2.40. The van der Waals surface area contributed by atoms with Crippen molar-refractivity contribution >= 4 is 21.6 Å². The molecule has 0 radical (unpaired) electrons. The lowest BCUT2D eigenvalue weighted by atomic mass is 10.2. The zero-order valence-corrected chi connectivity index (χ0v) is 12.1. The summed E-state index contributed by atoms with van der Waals surface area (Å²) in [6.07, 6.45) is 5.35. The summed E-state index contributed by atoms with van der Waals surface area (Å²) in [7, 11) is -3.32. The molecule has 0 saturated heterocycles. The Morgan fingerprint density at radius 3 is 2.35 bits per heavy atom. The van der Waals surface area contributed by atoms with Gasteiger partial charge in [-0.05, 0) is 31.7 Å². The molecular formula is C13H18O2S2. The Bertz CT molecular complexity index is 485. The van der Waals surface area contributed by atoms with Crippen LogP contribution in [0, 0.1) is 6.92 Å². The second kappa shape index (κ2) is 6.26. The largest absolute Gasteiger partial charge is 0.218 e. The molecule has 0 aliphatic heterocycles. The maximum Gasteiger partial charge on any atom is 0.212 e. The van der Waals surface area contributed by atoms with Crippen LogP contribution in [0.2, 0.25) is 0 Å². The van der Waals surface area contributed by atoms with Gasteiger partial charge in [-0.3, -0.25) is 0 Å². The van der Waals surface area contributed by atoms with Gasteiger partial charge >= 0.3 is 0 Å². The molecule has 2 nitrogen and oxygen atoms in total. The van der Waals surface area contributed by atoms with E-state index in [1.54, 1.807) is 24.5 Å². The number of benzene rings is 1. The molecule has 0 amide bonds. The molecule has 0 unspecified atom stereocenters. The molecule has 0 saturated carbocycles. The van der Waals surface area contributed by atoms with Crippen molar-refractivity contribution in [3.8, 4) is 0 Å². The fourth-order valence-electron chi connectivity index (χ4n) is 1.40. The van der Waals surface area contributed by atoms with Crippen molar-refractivity contribution in [3.05, 3.63) is 40.1 Å². The van der Waals surface area contributed by atoms with Crippen LogP contribution in [0.25, 0.3) is 0 Å². The SMILES string of the molecule is CCC/C=C(\SC)S(=O)(=O)c1ccc(C)cc1. The minimum atomic E-state index is -3.32. The highest BCUT2D eigenvalue weighted by Crippen LogP contribution is 2.27. The molecule has 1 rings (SSSR count). The van der Waals surface area contributed by atoms with Gasteiger partial charge < -0.3 is 0 Å². The zero-order valence-electron chi connectivity index (χ0n) is 10.4. The van der Waals surface area contributed by atoms with Crippen LogP contribution in [0.15, 0.2) is 39.5 Å².